The van der Waals surface area contributed by atoms with Crippen LogP contribution in [0.3, 0.4) is 0 Å². The highest BCUT2D eigenvalue weighted by atomic mass is 16.5. The predicted molar refractivity (Wildman–Crippen MR) is 140 cm³/mol. The van der Waals surface area contributed by atoms with E-state index in [1.54, 1.807) is 36.3 Å². The van der Waals surface area contributed by atoms with Crippen molar-refractivity contribution in [1.29, 1.82) is 0 Å². The van der Waals surface area contributed by atoms with Crippen LogP contribution in [-0.4, -0.2) is 47.1 Å². The smallest absolute Gasteiger partial charge is 0.319 e. The third-order valence-corrected chi connectivity index (χ3v) is 6.54. The molecule has 0 bridgehead atoms. The van der Waals surface area contributed by atoms with Gasteiger partial charge in [-0.05, 0) is 48.1 Å². The highest BCUT2D eigenvalue weighted by Gasteiger charge is 2.35. The molecule has 0 saturated heterocycles. The number of aryl methyl sites for hydroxylation is 1. The molecule has 192 valence electrons. The molecule has 1 aliphatic rings. The number of nitrogens with one attached hydrogen (secondary N) is 2. The van der Waals surface area contributed by atoms with Gasteiger partial charge < -0.3 is 25.4 Å². The Morgan fingerprint density at radius 1 is 1.00 bits per heavy atom. The molecule has 37 heavy (non-hydrogen) atoms. The Morgan fingerprint density at radius 3 is 2.46 bits per heavy atom. The van der Waals surface area contributed by atoms with Crippen molar-refractivity contribution in [3.63, 3.8) is 0 Å². The normalized spacial score (nSPS) is 15.3. The quantitative estimate of drug-likeness (QED) is 0.406. The fourth-order valence-electron chi connectivity index (χ4n) is 4.67. The molecule has 0 radical (unpaired) electrons. The van der Waals surface area contributed by atoms with Crippen molar-refractivity contribution in [2.24, 2.45) is 0 Å². The standard InChI is InChI=1S/C29H31N3O5/c1-37-25-13-7-12-23(17-25)30-29(36)31-26(15-14-20-8-3-2-4-9-20)28(35)32-19-22-11-6-5-10-21(22)16-24(32)18-27(33)34/h2-13,17,24,26H,14-16,18-19H2,1H3,(H,33,34)(H2,30,31,36)/t24-,26+/m1/s1. The topological polar surface area (TPSA) is 108 Å². The first-order valence-corrected chi connectivity index (χ1v) is 12.3. The maximum atomic E-state index is 13.9. The summed E-state index contributed by atoms with van der Waals surface area (Å²) in [5.74, 6) is -0.665. The first-order valence-electron chi connectivity index (χ1n) is 12.3. The molecule has 0 unspecified atom stereocenters. The number of urea groups is 1. The number of carboxylic acids is 1. The minimum absolute atomic E-state index is 0.165. The molecule has 0 spiro atoms. The molecule has 1 aliphatic heterocycles. The van der Waals surface area contributed by atoms with E-state index in [0.29, 0.717) is 37.2 Å². The van der Waals surface area contributed by atoms with Crippen LogP contribution in [0.25, 0.3) is 0 Å². The SMILES string of the molecule is COc1cccc(NC(=O)N[C@@H](CCc2ccccc2)C(=O)N2Cc3ccccc3C[C@@H]2CC(=O)O)c1. The highest BCUT2D eigenvalue weighted by molar-refractivity contribution is 5.94. The van der Waals surface area contributed by atoms with E-state index in [-0.39, 0.29) is 12.3 Å². The molecular formula is C29H31N3O5. The zero-order valence-electron chi connectivity index (χ0n) is 20.7. The summed E-state index contributed by atoms with van der Waals surface area (Å²) in [5, 5.41) is 15.1. The largest absolute Gasteiger partial charge is 0.497 e. The van der Waals surface area contributed by atoms with Crippen LogP contribution in [0.15, 0.2) is 78.9 Å². The van der Waals surface area contributed by atoms with Gasteiger partial charge in [0.05, 0.1) is 13.5 Å². The van der Waals surface area contributed by atoms with E-state index in [4.69, 9.17) is 4.74 Å². The fourth-order valence-corrected chi connectivity index (χ4v) is 4.67. The number of carboxylic acid groups (broad SMARTS) is 1. The molecule has 0 fully saturated rings. The maximum absolute atomic E-state index is 13.9. The van der Waals surface area contributed by atoms with Crippen LogP contribution in [0.1, 0.15) is 29.5 Å². The summed E-state index contributed by atoms with van der Waals surface area (Å²) < 4.78 is 5.21. The molecule has 1 heterocycles. The second-order valence-electron chi connectivity index (χ2n) is 9.10. The van der Waals surface area contributed by atoms with Gasteiger partial charge in [-0.2, -0.15) is 0 Å². The Balaban J connectivity index is 1.55. The summed E-state index contributed by atoms with van der Waals surface area (Å²) in [7, 11) is 1.54. The molecule has 3 N–H and O–H groups in total. The Labute approximate surface area is 216 Å². The van der Waals surface area contributed by atoms with E-state index >= 15 is 0 Å². The van der Waals surface area contributed by atoms with Crippen LogP contribution in [0.2, 0.25) is 0 Å². The van der Waals surface area contributed by atoms with Crippen molar-refractivity contribution in [3.8, 4) is 5.75 Å². The van der Waals surface area contributed by atoms with Crippen molar-refractivity contribution in [2.75, 3.05) is 12.4 Å². The third kappa shape index (κ3) is 6.88. The summed E-state index contributed by atoms with van der Waals surface area (Å²) in [6.45, 7) is 0.300. The summed E-state index contributed by atoms with van der Waals surface area (Å²) in [6.07, 6.45) is 1.23. The van der Waals surface area contributed by atoms with E-state index in [0.717, 1.165) is 16.7 Å². The Kier molecular flexibility index (Phi) is 8.40. The summed E-state index contributed by atoms with van der Waals surface area (Å²) in [5.41, 5.74) is 3.60. The summed E-state index contributed by atoms with van der Waals surface area (Å²) in [6, 6.07) is 22.6. The van der Waals surface area contributed by atoms with E-state index in [2.05, 4.69) is 10.6 Å². The molecule has 3 aromatic carbocycles. The Morgan fingerprint density at radius 2 is 1.73 bits per heavy atom. The van der Waals surface area contributed by atoms with Gasteiger partial charge in [-0.3, -0.25) is 9.59 Å². The monoisotopic (exact) mass is 501 g/mol. The van der Waals surface area contributed by atoms with Crippen LogP contribution in [0.5, 0.6) is 5.75 Å². The van der Waals surface area contributed by atoms with Crippen molar-refractivity contribution in [1.82, 2.24) is 10.2 Å². The van der Waals surface area contributed by atoms with Crippen LogP contribution in [0.4, 0.5) is 10.5 Å². The summed E-state index contributed by atoms with van der Waals surface area (Å²) in [4.78, 5) is 40.1. The van der Waals surface area contributed by atoms with Gasteiger partial charge in [0.15, 0.2) is 0 Å². The third-order valence-electron chi connectivity index (χ3n) is 6.54. The predicted octanol–water partition coefficient (Wildman–Crippen LogP) is 4.25. The van der Waals surface area contributed by atoms with E-state index < -0.39 is 24.1 Å². The minimum atomic E-state index is -0.966. The molecule has 8 heteroatoms. The second-order valence-corrected chi connectivity index (χ2v) is 9.10. The van der Waals surface area contributed by atoms with Gasteiger partial charge in [-0.25, -0.2) is 4.79 Å². The van der Waals surface area contributed by atoms with Gasteiger partial charge >= 0.3 is 12.0 Å². The van der Waals surface area contributed by atoms with Crippen LogP contribution >= 0.6 is 0 Å². The van der Waals surface area contributed by atoms with Gasteiger partial charge in [0.1, 0.15) is 11.8 Å². The van der Waals surface area contributed by atoms with Crippen molar-refractivity contribution in [3.05, 3.63) is 95.6 Å². The van der Waals surface area contributed by atoms with Gasteiger partial charge in [0.2, 0.25) is 5.91 Å². The number of carbonyl (C=O) groups excluding carboxylic acids is 2. The highest BCUT2D eigenvalue weighted by Crippen LogP contribution is 2.26. The number of hydrogen-bond acceptors (Lipinski definition) is 4. The first-order chi connectivity index (χ1) is 17.9. The summed E-state index contributed by atoms with van der Waals surface area (Å²) >= 11 is 0. The number of carbonyl (C=O) groups is 3. The molecule has 3 aromatic rings. The zero-order valence-corrected chi connectivity index (χ0v) is 20.7. The molecule has 0 aromatic heterocycles. The lowest BCUT2D eigenvalue weighted by atomic mass is 9.91. The van der Waals surface area contributed by atoms with Gasteiger partial charge in [-0.15, -0.1) is 0 Å². The molecule has 4 rings (SSSR count). The van der Waals surface area contributed by atoms with Gasteiger partial charge in [0.25, 0.3) is 0 Å². The van der Waals surface area contributed by atoms with E-state index in [1.807, 2.05) is 54.6 Å². The lowest BCUT2D eigenvalue weighted by molar-refractivity contribution is -0.142. The van der Waals surface area contributed by atoms with Crippen LogP contribution in [-0.2, 0) is 29.0 Å². The average molecular weight is 502 g/mol. The minimum Gasteiger partial charge on any atom is -0.497 e. The maximum Gasteiger partial charge on any atom is 0.319 e. The number of rotatable bonds is 9. The number of fused-ring (bicyclic) bond motifs is 1. The van der Waals surface area contributed by atoms with Gasteiger partial charge in [-0.1, -0.05) is 60.7 Å². The number of anilines is 1. The molecule has 0 saturated carbocycles. The molecule has 8 nitrogen and oxygen atoms in total. The average Bonchev–Trinajstić information content (AvgIpc) is 2.90. The second kappa shape index (κ2) is 12.1. The van der Waals surface area contributed by atoms with Crippen LogP contribution in [0, 0.1) is 0 Å². The van der Waals surface area contributed by atoms with Crippen LogP contribution < -0.4 is 15.4 Å². The van der Waals surface area contributed by atoms with Crippen molar-refractivity contribution >= 4 is 23.6 Å². The molecular weight excluding hydrogens is 470 g/mol. The van der Waals surface area contributed by atoms with Gasteiger partial charge in [0, 0.05) is 24.3 Å². The van der Waals surface area contributed by atoms with E-state index in [1.165, 1.54) is 0 Å². The van der Waals surface area contributed by atoms with Crippen molar-refractivity contribution < 1.29 is 24.2 Å². The fraction of sp³-hybridized carbons (Fsp3) is 0.276. The first kappa shape index (κ1) is 25.8. The molecule has 3 amide bonds. The Bertz CT molecular complexity index is 1250. The number of benzene rings is 3. The Hall–Kier alpha value is -4.33. The lowest BCUT2D eigenvalue weighted by Gasteiger charge is -2.38. The zero-order chi connectivity index (χ0) is 26.2. The molecule has 0 aliphatic carbocycles. The number of nitrogens with zero attached hydrogens (tertiary/aromatic N) is 1. The number of ether oxygens (including phenoxy) is 1. The lowest BCUT2D eigenvalue weighted by Crippen LogP contribution is -2.54. The van der Waals surface area contributed by atoms with Crippen molar-refractivity contribution in [2.45, 2.75) is 44.3 Å². The number of aliphatic carboxylic acids is 1. The van der Waals surface area contributed by atoms with E-state index in [9.17, 15) is 19.5 Å². The number of amides is 3. The number of methoxy groups -OCH3 is 1. The number of hydrogen-bond donors (Lipinski definition) is 3. The molecule has 2 atom stereocenters.